The first-order chi connectivity index (χ1) is 4.81. The first-order valence-corrected chi connectivity index (χ1v) is 3.70. The highest BCUT2D eigenvalue weighted by Gasteiger charge is 1.75. The third-order valence-corrected chi connectivity index (χ3v) is 1.06. The molecule has 0 N–H and O–H groups in total. The Hall–Kier alpha value is -0.670. The Morgan fingerprint density at radius 3 is 2.80 bits per heavy atom. The summed E-state index contributed by atoms with van der Waals surface area (Å²) in [5, 5.41) is 0. The zero-order valence-electron chi connectivity index (χ0n) is 6.32. The molecule has 0 nitrogen and oxygen atoms in total. The summed E-state index contributed by atoms with van der Waals surface area (Å²) in [6.07, 6.45) is 5.60. The molecule has 0 aliphatic heterocycles. The summed E-state index contributed by atoms with van der Waals surface area (Å²) in [6, 6.07) is 0. The van der Waals surface area contributed by atoms with E-state index in [1.807, 2.05) is 32.1 Å². The molecule has 0 heterocycles. The molecule has 0 bridgehead atoms. The molecule has 0 saturated carbocycles. The molecule has 0 rings (SSSR count). The minimum atomic E-state index is 0.538. The SMILES string of the molecule is C/C=C/C#C/C(C)=C/CCl. The highest BCUT2D eigenvalue weighted by Crippen LogP contribution is 1.89. The number of halogens is 1. The third-order valence-electron chi connectivity index (χ3n) is 0.903. The van der Waals surface area contributed by atoms with Crippen LogP contribution in [0.4, 0.5) is 0 Å². The van der Waals surface area contributed by atoms with Gasteiger partial charge in [0.25, 0.3) is 0 Å². The number of alkyl halides is 1. The molecular formula is C9H11Cl. The van der Waals surface area contributed by atoms with Crippen LogP contribution >= 0.6 is 11.6 Å². The second kappa shape index (κ2) is 6.45. The summed E-state index contributed by atoms with van der Waals surface area (Å²) in [4.78, 5) is 0. The molecule has 0 saturated heterocycles. The van der Waals surface area contributed by atoms with Gasteiger partial charge in [-0.1, -0.05) is 24.0 Å². The summed E-state index contributed by atoms with van der Waals surface area (Å²) in [5.74, 6) is 6.32. The summed E-state index contributed by atoms with van der Waals surface area (Å²) in [7, 11) is 0. The van der Waals surface area contributed by atoms with Crippen LogP contribution in [0.25, 0.3) is 0 Å². The molecule has 1 heteroatoms. The van der Waals surface area contributed by atoms with Crippen molar-refractivity contribution in [2.24, 2.45) is 0 Å². The maximum atomic E-state index is 5.45. The standard InChI is InChI=1S/C9H11Cl/c1-3-4-5-6-9(2)7-8-10/h3-4,7H,8H2,1-2H3/b4-3+,9-7+. The van der Waals surface area contributed by atoms with Gasteiger partial charge < -0.3 is 0 Å². The smallest absolute Gasteiger partial charge is 0.0415 e. The Morgan fingerprint density at radius 1 is 1.60 bits per heavy atom. The van der Waals surface area contributed by atoms with Crippen molar-refractivity contribution in [3.05, 3.63) is 23.8 Å². The van der Waals surface area contributed by atoms with Gasteiger partial charge in [-0.15, -0.1) is 11.6 Å². The Balaban J connectivity index is 3.91. The van der Waals surface area contributed by atoms with E-state index in [2.05, 4.69) is 11.8 Å². The molecule has 0 amide bonds. The van der Waals surface area contributed by atoms with Crippen molar-refractivity contribution in [3.8, 4) is 11.8 Å². The van der Waals surface area contributed by atoms with E-state index in [0.717, 1.165) is 5.57 Å². The molecule has 0 spiro atoms. The van der Waals surface area contributed by atoms with Crippen molar-refractivity contribution in [2.75, 3.05) is 5.88 Å². The second-order valence-electron chi connectivity index (χ2n) is 1.81. The van der Waals surface area contributed by atoms with Crippen LogP contribution in [0.1, 0.15) is 13.8 Å². The molecule has 10 heavy (non-hydrogen) atoms. The van der Waals surface area contributed by atoms with Crippen LogP contribution in [-0.2, 0) is 0 Å². The summed E-state index contributed by atoms with van der Waals surface area (Å²) in [5.41, 5.74) is 1.02. The molecular weight excluding hydrogens is 144 g/mol. The van der Waals surface area contributed by atoms with E-state index in [9.17, 15) is 0 Å². The van der Waals surface area contributed by atoms with Gasteiger partial charge in [0.2, 0.25) is 0 Å². The highest BCUT2D eigenvalue weighted by molar-refractivity contribution is 6.18. The minimum Gasteiger partial charge on any atom is -0.122 e. The molecule has 0 aromatic rings. The van der Waals surface area contributed by atoms with Crippen LogP contribution in [0, 0.1) is 11.8 Å². The predicted molar refractivity (Wildman–Crippen MR) is 47.1 cm³/mol. The average Bonchev–Trinajstić information content (AvgIpc) is 1.89. The highest BCUT2D eigenvalue weighted by atomic mass is 35.5. The predicted octanol–water partition coefficient (Wildman–Crippen LogP) is 2.75. The first-order valence-electron chi connectivity index (χ1n) is 3.16. The number of hydrogen-bond donors (Lipinski definition) is 0. The van der Waals surface area contributed by atoms with Crippen LogP contribution in [0.5, 0.6) is 0 Å². The van der Waals surface area contributed by atoms with Crippen molar-refractivity contribution in [1.29, 1.82) is 0 Å². The van der Waals surface area contributed by atoms with E-state index in [-0.39, 0.29) is 0 Å². The van der Waals surface area contributed by atoms with E-state index in [1.165, 1.54) is 0 Å². The molecule has 54 valence electrons. The lowest BCUT2D eigenvalue weighted by atomic mass is 10.3. The van der Waals surface area contributed by atoms with E-state index < -0.39 is 0 Å². The van der Waals surface area contributed by atoms with E-state index in [4.69, 9.17) is 11.6 Å². The van der Waals surface area contributed by atoms with Gasteiger partial charge in [0.1, 0.15) is 0 Å². The lowest BCUT2D eigenvalue weighted by Gasteiger charge is -1.80. The average molecular weight is 155 g/mol. The van der Waals surface area contributed by atoms with Gasteiger partial charge in [0.15, 0.2) is 0 Å². The van der Waals surface area contributed by atoms with Crippen molar-refractivity contribution >= 4 is 11.6 Å². The Labute approximate surface area is 67.6 Å². The topological polar surface area (TPSA) is 0 Å². The Morgan fingerprint density at radius 2 is 2.30 bits per heavy atom. The van der Waals surface area contributed by atoms with Gasteiger partial charge in [-0.3, -0.25) is 0 Å². The molecule has 0 atom stereocenters. The molecule has 0 radical (unpaired) electrons. The van der Waals surface area contributed by atoms with Gasteiger partial charge in [-0.05, 0) is 25.5 Å². The quantitative estimate of drug-likeness (QED) is 0.403. The normalized spacial score (nSPS) is 11.3. The Kier molecular flexibility index (Phi) is 6.02. The van der Waals surface area contributed by atoms with E-state index in [0.29, 0.717) is 5.88 Å². The van der Waals surface area contributed by atoms with Crippen LogP contribution in [0.15, 0.2) is 23.8 Å². The van der Waals surface area contributed by atoms with Gasteiger partial charge in [0, 0.05) is 5.88 Å². The van der Waals surface area contributed by atoms with Gasteiger partial charge in [-0.25, -0.2) is 0 Å². The lowest BCUT2D eigenvalue weighted by Crippen LogP contribution is -1.68. The van der Waals surface area contributed by atoms with Crippen LogP contribution in [0.2, 0.25) is 0 Å². The fourth-order valence-electron chi connectivity index (χ4n) is 0.406. The van der Waals surface area contributed by atoms with Gasteiger partial charge >= 0.3 is 0 Å². The van der Waals surface area contributed by atoms with Crippen molar-refractivity contribution in [3.63, 3.8) is 0 Å². The fraction of sp³-hybridized carbons (Fsp3) is 0.333. The molecule has 0 aromatic carbocycles. The third kappa shape index (κ3) is 5.47. The summed E-state index contributed by atoms with van der Waals surface area (Å²) in [6.45, 7) is 3.88. The maximum Gasteiger partial charge on any atom is 0.0415 e. The van der Waals surface area contributed by atoms with Gasteiger partial charge in [0.05, 0.1) is 0 Å². The Bertz CT molecular complexity index is 189. The van der Waals surface area contributed by atoms with Crippen LogP contribution in [0.3, 0.4) is 0 Å². The monoisotopic (exact) mass is 154 g/mol. The van der Waals surface area contributed by atoms with Crippen molar-refractivity contribution < 1.29 is 0 Å². The molecule has 0 aliphatic carbocycles. The number of hydrogen-bond acceptors (Lipinski definition) is 0. The number of allylic oxidation sites excluding steroid dienone is 4. The second-order valence-corrected chi connectivity index (χ2v) is 2.12. The summed E-state index contributed by atoms with van der Waals surface area (Å²) >= 11 is 5.45. The largest absolute Gasteiger partial charge is 0.122 e. The van der Waals surface area contributed by atoms with Crippen LogP contribution < -0.4 is 0 Å². The van der Waals surface area contributed by atoms with Gasteiger partial charge in [-0.2, -0.15) is 0 Å². The van der Waals surface area contributed by atoms with Crippen molar-refractivity contribution in [2.45, 2.75) is 13.8 Å². The maximum absolute atomic E-state index is 5.45. The molecule has 0 aromatic heterocycles. The fourth-order valence-corrected chi connectivity index (χ4v) is 0.637. The first kappa shape index (κ1) is 9.33. The van der Waals surface area contributed by atoms with Crippen LogP contribution in [-0.4, -0.2) is 5.88 Å². The molecule has 0 aliphatic rings. The zero-order chi connectivity index (χ0) is 7.82. The summed E-state index contributed by atoms with van der Waals surface area (Å²) < 4.78 is 0. The molecule has 0 unspecified atom stereocenters. The molecule has 0 fully saturated rings. The zero-order valence-corrected chi connectivity index (χ0v) is 7.07. The number of rotatable bonds is 1. The lowest BCUT2D eigenvalue weighted by molar-refractivity contribution is 1.52. The van der Waals surface area contributed by atoms with E-state index in [1.54, 1.807) is 0 Å². The minimum absolute atomic E-state index is 0.538. The van der Waals surface area contributed by atoms with Crippen molar-refractivity contribution in [1.82, 2.24) is 0 Å². The van der Waals surface area contributed by atoms with E-state index >= 15 is 0 Å².